The van der Waals surface area contributed by atoms with Crippen LogP contribution in [0.4, 0.5) is 9.93 Å². The predicted molar refractivity (Wildman–Crippen MR) is 75.6 cm³/mol. The molecular weight excluding hydrogens is 276 g/mol. The van der Waals surface area contributed by atoms with Crippen LogP contribution in [0.5, 0.6) is 0 Å². The van der Waals surface area contributed by atoms with Gasteiger partial charge in [0.1, 0.15) is 0 Å². The van der Waals surface area contributed by atoms with Crippen LogP contribution in [0.25, 0.3) is 0 Å². The molecule has 1 aliphatic rings. The number of pyridine rings is 1. The first-order valence-corrected chi connectivity index (χ1v) is 7.13. The van der Waals surface area contributed by atoms with Crippen LogP contribution < -0.4 is 10.6 Å². The van der Waals surface area contributed by atoms with Gasteiger partial charge in [-0.2, -0.15) is 0 Å². The summed E-state index contributed by atoms with van der Waals surface area (Å²) in [6.07, 6.45) is 4.23. The fourth-order valence-corrected chi connectivity index (χ4v) is 2.85. The molecule has 3 rings (SSSR count). The van der Waals surface area contributed by atoms with Crippen molar-refractivity contribution in [3.63, 3.8) is 0 Å². The second kappa shape index (κ2) is 5.98. The number of hydrogen-bond acceptors (Lipinski definition) is 5. The lowest BCUT2D eigenvalue weighted by Gasteiger charge is -2.08. The Bertz CT molecular complexity index is 576. The SMILES string of the molecule is O=C(NCc1cccnc1)Nc1nc2c(s1)COCC2. The molecule has 0 saturated heterocycles. The number of thiazole rings is 1. The summed E-state index contributed by atoms with van der Waals surface area (Å²) in [5.74, 6) is 0. The van der Waals surface area contributed by atoms with Gasteiger partial charge in [-0.1, -0.05) is 17.4 Å². The molecule has 2 aromatic rings. The van der Waals surface area contributed by atoms with E-state index in [9.17, 15) is 4.79 Å². The normalized spacial score (nSPS) is 13.6. The van der Waals surface area contributed by atoms with E-state index >= 15 is 0 Å². The molecule has 2 aromatic heterocycles. The van der Waals surface area contributed by atoms with Gasteiger partial charge in [0.2, 0.25) is 0 Å². The summed E-state index contributed by atoms with van der Waals surface area (Å²) in [5.41, 5.74) is 1.98. The fourth-order valence-electron chi connectivity index (χ4n) is 1.90. The number of carbonyl (C=O) groups is 1. The molecule has 2 amide bonds. The molecule has 104 valence electrons. The Kier molecular flexibility index (Phi) is 3.89. The van der Waals surface area contributed by atoms with Gasteiger partial charge in [0, 0.05) is 25.4 Å². The molecule has 6 nitrogen and oxygen atoms in total. The molecule has 0 bridgehead atoms. The Morgan fingerprint density at radius 2 is 2.45 bits per heavy atom. The van der Waals surface area contributed by atoms with Crippen LogP contribution in [-0.2, 0) is 24.3 Å². The van der Waals surface area contributed by atoms with Crippen LogP contribution in [0.15, 0.2) is 24.5 Å². The summed E-state index contributed by atoms with van der Waals surface area (Å²) in [5, 5.41) is 6.14. The molecule has 1 aliphatic heterocycles. The van der Waals surface area contributed by atoms with E-state index in [4.69, 9.17) is 4.74 Å². The van der Waals surface area contributed by atoms with Gasteiger partial charge >= 0.3 is 6.03 Å². The van der Waals surface area contributed by atoms with Crippen LogP contribution in [0.1, 0.15) is 16.1 Å². The number of fused-ring (bicyclic) bond motifs is 1. The van der Waals surface area contributed by atoms with E-state index in [0.29, 0.717) is 24.9 Å². The third-order valence-corrected chi connectivity index (χ3v) is 3.88. The van der Waals surface area contributed by atoms with Crippen molar-refractivity contribution < 1.29 is 9.53 Å². The van der Waals surface area contributed by atoms with Crippen LogP contribution in [-0.4, -0.2) is 22.6 Å². The zero-order valence-corrected chi connectivity index (χ0v) is 11.6. The van der Waals surface area contributed by atoms with Crippen LogP contribution in [0.2, 0.25) is 0 Å². The van der Waals surface area contributed by atoms with Gasteiger partial charge in [0.15, 0.2) is 5.13 Å². The van der Waals surface area contributed by atoms with Crippen molar-refractivity contribution in [2.75, 3.05) is 11.9 Å². The van der Waals surface area contributed by atoms with Gasteiger partial charge in [0.05, 0.1) is 23.8 Å². The minimum absolute atomic E-state index is 0.263. The average molecular weight is 290 g/mol. The third-order valence-electron chi connectivity index (χ3n) is 2.89. The highest BCUT2D eigenvalue weighted by molar-refractivity contribution is 7.15. The molecule has 7 heteroatoms. The molecule has 2 N–H and O–H groups in total. The predicted octanol–water partition coefficient (Wildman–Crippen LogP) is 1.93. The number of ether oxygens (including phenoxy) is 1. The standard InChI is InChI=1S/C13H14N4O2S/c18-12(15-7-9-2-1-4-14-6-9)17-13-16-10-3-5-19-8-11(10)20-13/h1-2,4,6H,3,5,7-8H2,(H2,15,16,17,18). The minimum atomic E-state index is -0.263. The Morgan fingerprint density at radius 3 is 3.25 bits per heavy atom. The third kappa shape index (κ3) is 3.12. The molecule has 0 spiro atoms. The first kappa shape index (κ1) is 13.0. The molecule has 0 atom stereocenters. The van der Waals surface area contributed by atoms with Gasteiger partial charge in [0.25, 0.3) is 0 Å². The first-order chi connectivity index (χ1) is 9.81. The van der Waals surface area contributed by atoms with E-state index in [1.54, 1.807) is 12.4 Å². The summed E-state index contributed by atoms with van der Waals surface area (Å²) < 4.78 is 5.35. The topological polar surface area (TPSA) is 76.1 Å². The maximum absolute atomic E-state index is 11.8. The van der Waals surface area contributed by atoms with Gasteiger partial charge < -0.3 is 10.1 Å². The van der Waals surface area contributed by atoms with Crippen molar-refractivity contribution in [1.82, 2.24) is 15.3 Å². The Labute approximate surface area is 120 Å². The number of nitrogens with one attached hydrogen (secondary N) is 2. The highest BCUT2D eigenvalue weighted by atomic mass is 32.1. The van der Waals surface area contributed by atoms with E-state index < -0.39 is 0 Å². The zero-order valence-electron chi connectivity index (χ0n) is 10.8. The molecule has 20 heavy (non-hydrogen) atoms. The number of nitrogens with zero attached hydrogens (tertiary/aromatic N) is 2. The molecule has 0 aliphatic carbocycles. The van der Waals surface area contributed by atoms with Crippen molar-refractivity contribution in [2.24, 2.45) is 0 Å². The highest BCUT2D eigenvalue weighted by Gasteiger charge is 2.16. The van der Waals surface area contributed by atoms with Gasteiger partial charge in [-0.05, 0) is 11.6 Å². The first-order valence-electron chi connectivity index (χ1n) is 6.31. The second-order valence-electron chi connectivity index (χ2n) is 4.36. The second-order valence-corrected chi connectivity index (χ2v) is 5.44. The lowest BCUT2D eigenvalue weighted by molar-refractivity contribution is 0.112. The van der Waals surface area contributed by atoms with Gasteiger partial charge in [-0.25, -0.2) is 9.78 Å². The Morgan fingerprint density at radius 1 is 1.50 bits per heavy atom. The molecule has 0 aromatic carbocycles. The highest BCUT2D eigenvalue weighted by Crippen LogP contribution is 2.26. The number of anilines is 1. The Hall–Kier alpha value is -1.99. The van der Waals surface area contributed by atoms with E-state index in [1.165, 1.54) is 11.3 Å². The largest absolute Gasteiger partial charge is 0.375 e. The lowest BCUT2D eigenvalue weighted by Crippen LogP contribution is -2.28. The molecule has 0 fully saturated rings. The molecular formula is C13H14N4O2S. The van der Waals surface area contributed by atoms with Gasteiger partial charge in [-0.15, -0.1) is 0 Å². The van der Waals surface area contributed by atoms with Crippen molar-refractivity contribution in [1.29, 1.82) is 0 Å². The number of rotatable bonds is 3. The number of amides is 2. The Balaban J connectivity index is 1.55. The van der Waals surface area contributed by atoms with Crippen LogP contribution >= 0.6 is 11.3 Å². The summed E-state index contributed by atoms with van der Waals surface area (Å²) in [4.78, 5) is 21.3. The van der Waals surface area contributed by atoms with Crippen molar-refractivity contribution in [3.8, 4) is 0 Å². The monoisotopic (exact) mass is 290 g/mol. The molecule has 3 heterocycles. The average Bonchev–Trinajstić information content (AvgIpc) is 2.88. The lowest BCUT2D eigenvalue weighted by atomic mass is 10.2. The zero-order chi connectivity index (χ0) is 13.8. The van der Waals surface area contributed by atoms with E-state index in [-0.39, 0.29) is 6.03 Å². The maximum Gasteiger partial charge on any atom is 0.321 e. The summed E-state index contributed by atoms with van der Waals surface area (Å²) in [7, 11) is 0. The summed E-state index contributed by atoms with van der Waals surface area (Å²) in [6.45, 7) is 1.73. The van der Waals surface area contributed by atoms with Crippen molar-refractivity contribution >= 4 is 22.5 Å². The molecule has 0 unspecified atom stereocenters. The van der Waals surface area contributed by atoms with E-state index in [1.807, 2.05) is 12.1 Å². The van der Waals surface area contributed by atoms with E-state index in [0.717, 1.165) is 22.6 Å². The maximum atomic E-state index is 11.8. The van der Waals surface area contributed by atoms with Crippen LogP contribution in [0, 0.1) is 0 Å². The van der Waals surface area contributed by atoms with Crippen LogP contribution in [0.3, 0.4) is 0 Å². The quantitative estimate of drug-likeness (QED) is 0.905. The molecule has 0 radical (unpaired) electrons. The minimum Gasteiger partial charge on any atom is -0.375 e. The smallest absolute Gasteiger partial charge is 0.321 e. The summed E-state index contributed by atoms with van der Waals surface area (Å²) in [6, 6.07) is 3.48. The van der Waals surface area contributed by atoms with Gasteiger partial charge in [-0.3, -0.25) is 10.3 Å². The van der Waals surface area contributed by atoms with Crippen molar-refractivity contribution in [3.05, 3.63) is 40.7 Å². The number of hydrogen-bond donors (Lipinski definition) is 2. The number of carbonyl (C=O) groups excluding carboxylic acids is 1. The molecule has 0 saturated carbocycles. The van der Waals surface area contributed by atoms with Crippen molar-refractivity contribution in [2.45, 2.75) is 19.6 Å². The number of aromatic nitrogens is 2. The van der Waals surface area contributed by atoms with E-state index in [2.05, 4.69) is 20.6 Å². The summed E-state index contributed by atoms with van der Waals surface area (Å²) >= 11 is 1.46. The fraction of sp³-hybridized carbons (Fsp3) is 0.308. The number of urea groups is 1.